The zero-order valence-corrected chi connectivity index (χ0v) is 20.6. The summed E-state index contributed by atoms with van der Waals surface area (Å²) in [5.41, 5.74) is 6.32. The highest BCUT2D eigenvalue weighted by Crippen LogP contribution is 2.30. The number of carbonyl (C=O) groups excluding carboxylic acids is 2. The van der Waals surface area contributed by atoms with E-state index in [0.717, 1.165) is 38.2 Å². The Morgan fingerprint density at radius 3 is 2.41 bits per heavy atom. The van der Waals surface area contributed by atoms with Gasteiger partial charge in [0, 0.05) is 15.9 Å². The van der Waals surface area contributed by atoms with Crippen molar-refractivity contribution in [2.24, 2.45) is 0 Å². The van der Waals surface area contributed by atoms with Crippen molar-refractivity contribution in [3.05, 3.63) is 86.7 Å². The topological polar surface area (TPSA) is 54.3 Å². The van der Waals surface area contributed by atoms with E-state index in [1.54, 1.807) is 6.08 Å². The molecule has 2 aromatic carbocycles. The second-order valence-electron chi connectivity index (χ2n) is 7.86. The number of carbonyl (C=O) groups is 2. The van der Waals surface area contributed by atoms with Crippen LogP contribution in [0.4, 0.5) is 5.69 Å². The molecular weight excluding hydrogens is 486 g/mol. The molecule has 0 unspecified atom stereocenters. The Balaban J connectivity index is 1.80. The van der Waals surface area contributed by atoms with Crippen LogP contribution in [0, 0.1) is 27.7 Å². The van der Waals surface area contributed by atoms with Gasteiger partial charge >= 0.3 is 0 Å². The zero-order chi connectivity index (χ0) is 23.2. The van der Waals surface area contributed by atoms with Gasteiger partial charge in [-0.25, -0.2) is 0 Å². The maximum absolute atomic E-state index is 13.4. The summed E-state index contributed by atoms with van der Waals surface area (Å²) in [5, 5.41) is 2.76. The molecule has 4 rings (SSSR count). The van der Waals surface area contributed by atoms with Gasteiger partial charge in [-0.2, -0.15) is 0 Å². The maximum Gasteiger partial charge on any atom is 0.270 e. The average molecular weight is 508 g/mol. The summed E-state index contributed by atoms with van der Waals surface area (Å²) in [6.45, 7) is 7.83. The van der Waals surface area contributed by atoms with Crippen molar-refractivity contribution in [1.82, 2.24) is 9.88 Å². The first-order chi connectivity index (χ1) is 15.2. The molecule has 0 radical (unpaired) electrons. The van der Waals surface area contributed by atoms with Crippen LogP contribution < -0.4 is 10.2 Å². The Kier molecular flexibility index (Phi) is 5.88. The van der Waals surface area contributed by atoms with E-state index in [2.05, 4.69) is 25.8 Å². The van der Waals surface area contributed by atoms with Crippen molar-refractivity contribution in [2.45, 2.75) is 27.7 Å². The number of benzene rings is 2. The summed E-state index contributed by atoms with van der Waals surface area (Å²) >= 11 is 8.95. The van der Waals surface area contributed by atoms with Gasteiger partial charge in [-0.15, -0.1) is 0 Å². The van der Waals surface area contributed by atoms with Crippen LogP contribution in [-0.2, 0) is 9.59 Å². The molecule has 2 amide bonds. The molecule has 0 spiro atoms. The first-order valence-electron chi connectivity index (χ1n) is 10.1. The number of amides is 2. The van der Waals surface area contributed by atoms with Crippen molar-refractivity contribution in [2.75, 3.05) is 4.90 Å². The molecule has 3 aromatic rings. The largest absolute Gasteiger partial charge is 0.317 e. The summed E-state index contributed by atoms with van der Waals surface area (Å²) in [6.07, 6.45) is 1.65. The highest BCUT2D eigenvalue weighted by molar-refractivity contribution is 9.10. The van der Waals surface area contributed by atoms with E-state index in [1.807, 2.05) is 76.2 Å². The quantitative estimate of drug-likeness (QED) is 0.297. The fourth-order valence-corrected chi connectivity index (χ4v) is 4.67. The summed E-state index contributed by atoms with van der Waals surface area (Å²) in [7, 11) is 0. The van der Waals surface area contributed by atoms with E-state index in [4.69, 9.17) is 12.2 Å². The molecule has 7 heteroatoms. The molecule has 0 aliphatic carbocycles. The van der Waals surface area contributed by atoms with Crippen molar-refractivity contribution in [3.63, 3.8) is 0 Å². The molecule has 1 N–H and O–H groups in total. The normalized spacial score (nSPS) is 15.5. The number of para-hydroxylation sites is 1. The zero-order valence-electron chi connectivity index (χ0n) is 18.2. The van der Waals surface area contributed by atoms with Gasteiger partial charge in [0.15, 0.2) is 5.11 Å². The molecule has 1 aliphatic heterocycles. The molecule has 2 heterocycles. The highest BCUT2D eigenvalue weighted by atomic mass is 79.9. The van der Waals surface area contributed by atoms with Crippen LogP contribution in [-0.4, -0.2) is 21.5 Å². The predicted octanol–water partition coefficient (Wildman–Crippen LogP) is 5.30. The Hall–Kier alpha value is -3.03. The van der Waals surface area contributed by atoms with Gasteiger partial charge in [-0.1, -0.05) is 24.3 Å². The number of thiocarbonyl (C=S) groups is 1. The minimum Gasteiger partial charge on any atom is -0.317 e. The van der Waals surface area contributed by atoms with Crippen molar-refractivity contribution >= 4 is 56.8 Å². The first-order valence-corrected chi connectivity index (χ1v) is 11.3. The van der Waals surface area contributed by atoms with Crippen molar-refractivity contribution < 1.29 is 9.59 Å². The molecular formula is C25H22BrN3O2S. The van der Waals surface area contributed by atoms with Crippen LogP contribution in [0.15, 0.2) is 58.6 Å². The Morgan fingerprint density at radius 1 is 0.969 bits per heavy atom. The van der Waals surface area contributed by atoms with Crippen LogP contribution in [0.3, 0.4) is 0 Å². The molecule has 1 aromatic heterocycles. The Labute approximate surface area is 200 Å². The number of hydrogen-bond acceptors (Lipinski definition) is 3. The lowest BCUT2D eigenvalue weighted by Gasteiger charge is -2.30. The lowest BCUT2D eigenvalue weighted by atomic mass is 10.0. The van der Waals surface area contributed by atoms with Gasteiger partial charge < -0.3 is 4.57 Å². The van der Waals surface area contributed by atoms with Crippen LogP contribution in [0.2, 0.25) is 0 Å². The summed E-state index contributed by atoms with van der Waals surface area (Å²) < 4.78 is 3.05. The number of halogens is 1. The molecule has 1 fully saturated rings. The summed E-state index contributed by atoms with van der Waals surface area (Å²) in [4.78, 5) is 27.6. The molecule has 32 heavy (non-hydrogen) atoms. The molecule has 1 saturated heterocycles. The van der Waals surface area contributed by atoms with Gasteiger partial charge in [-0.3, -0.25) is 19.8 Å². The number of nitrogens with one attached hydrogen (secondary N) is 1. The summed E-state index contributed by atoms with van der Waals surface area (Å²) in [5.74, 6) is -0.926. The Bertz CT molecular complexity index is 1320. The molecule has 162 valence electrons. The fraction of sp³-hybridized carbons (Fsp3) is 0.160. The van der Waals surface area contributed by atoms with Gasteiger partial charge in [-0.05, 0) is 103 Å². The van der Waals surface area contributed by atoms with Gasteiger partial charge in [0.2, 0.25) is 0 Å². The van der Waals surface area contributed by atoms with E-state index in [-0.39, 0.29) is 10.7 Å². The maximum atomic E-state index is 13.4. The van der Waals surface area contributed by atoms with Crippen LogP contribution in [0.5, 0.6) is 0 Å². The van der Waals surface area contributed by atoms with Crippen molar-refractivity contribution in [1.29, 1.82) is 0 Å². The standard InChI is InChI=1S/C25H22BrN3O2S/c1-14-9-10-15(2)22(11-14)29-24(31)19(23(30)27-25(29)32)13-18-12-16(3)28(17(18)4)21-8-6-5-7-20(21)26/h5-13H,1-4H3,(H,27,30,32)/b19-13+. The second kappa shape index (κ2) is 8.48. The van der Waals surface area contributed by atoms with E-state index < -0.39 is 11.8 Å². The number of nitrogens with zero attached hydrogens (tertiary/aromatic N) is 2. The van der Waals surface area contributed by atoms with Crippen LogP contribution in [0.1, 0.15) is 28.1 Å². The third-order valence-electron chi connectivity index (χ3n) is 5.57. The van der Waals surface area contributed by atoms with Crippen LogP contribution in [0.25, 0.3) is 11.8 Å². The minimum absolute atomic E-state index is 0.0480. The van der Waals surface area contributed by atoms with E-state index in [1.165, 1.54) is 4.90 Å². The molecule has 1 aliphatic rings. The summed E-state index contributed by atoms with van der Waals surface area (Å²) in [6, 6.07) is 15.7. The van der Waals surface area contributed by atoms with Crippen molar-refractivity contribution in [3.8, 4) is 5.69 Å². The number of aromatic nitrogens is 1. The number of anilines is 1. The van der Waals surface area contributed by atoms with E-state index in [0.29, 0.717) is 5.69 Å². The monoisotopic (exact) mass is 507 g/mol. The van der Waals surface area contributed by atoms with Crippen LogP contribution >= 0.6 is 28.1 Å². The predicted molar refractivity (Wildman–Crippen MR) is 135 cm³/mol. The van der Waals surface area contributed by atoms with Gasteiger partial charge in [0.05, 0.1) is 11.4 Å². The lowest BCUT2D eigenvalue weighted by Crippen LogP contribution is -2.54. The number of rotatable bonds is 3. The Morgan fingerprint density at radius 2 is 1.69 bits per heavy atom. The first kappa shape index (κ1) is 22.2. The molecule has 0 bridgehead atoms. The third kappa shape index (κ3) is 3.82. The van der Waals surface area contributed by atoms with E-state index >= 15 is 0 Å². The van der Waals surface area contributed by atoms with Gasteiger partial charge in [0.1, 0.15) is 5.57 Å². The van der Waals surface area contributed by atoms with E-state index in [9.17, 15) is 9.59 Å². The minimum atomic E-state index is -0.493. The fourth-order valence-electron chi connectivity index (χ4n) is 3.93. The number of hydrogen-bond donors (Lipinski definition) is 1. The smallest absolute Gasteiger partial charge is 0.270 e. The SMILES string of the molecule is Cc1ccc(C)c(N2C(=O)/C(=C/c3cc(C)n(-c4ccccc4Br)c3C)C(=O)NC2=S)c1. The average Bonchev–Trinajstić information content (AvgIpc) is 3.01. The third-order valence-corrected chi connectivity index (χ3v) is 6.53. The molecule has 0 atom stereocenters. The van der Waals surface area contributed by atoms with Gasteiger partial charge in [0.25, 0.3) is 11.8 Å². The molecule has 5 nitrogen and oxygen atoms in total. The lowest BCUT2D eigenvalue weighted by molar-refractivity contribution is -0.122. The second-order valence-corrected chi connectivity index (χ2v) is 9.10. The number of aryl methyl sites for hydroxylation is 3. The molecule has 0 saturated carbocycles. The highest BCUT2D eigenvalue weighted by Gasteiger charge is 2.35.